The van der Waals surface area contributed by atoms with E-state index in [1.54, 1.807) is 11.0 Å². The second-order valence-corrected chi connectivity index (χ2v) is 10.00. The second kappa shape index (κ2) is 8.17. The topological polar surface area (TPSA) is 90.0 Å². The van der Waals surface area contributed by atoms with Crippen molar-refractivity contribution in [2.75, 3.05) is 24.5 Å². The predicted octanol–water partition coefficient (Wildman–Crippen LogP) is 2.85. The Hall–Kier alpha value is -2.77. The van der Waals surface area contributed by atoms with E-state index < -0.39 is 11.7 Å². The molecule has 6 rings (SSSR count). The number of hydrogen-bond acceptors (Lipinski definition) is 5. The number of rotatable bonds is 5. The number of aliphatic hydroxyl groups excluding tert-OH is 1. The highest BCUT2D eigenvalue weighted by Crippen LogP contribution is 2.46. The third-order valence-corrected chi connectivity index (χ3v) is 8.09. The van der Waals surface area contributed by atoms with Crippen LogP contribution < -0.4 is 10.6 Å². The van der Waals surface area contributed by atoms with E-state index in [1.807, 2.05) is 18.2 Å². The molecule has 4 N–H and O–H groups in total. The van der Waals surface area contributed by atoms with E-state index in [-0.39, 0.29) is 24.9 Å². The highest BCUT2D eigenvalue weighted by Gasteiger charge is 2.52. The molecule has 1 fully saturated rings. The van der Waals surface area contributed by atoms with Crippen LogP contribution in [0.1, 0.15) is 42.0 Å². The lowest BCUT2D eigenvalue weighted by atomic mass is 9.89. The minimum Gasteiger partial charge on any atom is -0.392 e. The normalized spacial score (nSPS) is 25.8. The number of piperidine rings is 1. The van der Waals surface area contributed by atoms with Crippen LogP contribution >= 0.6 is 0 Å². The summed E-state index contributed by atoms with van der Waals surface area (Å²) in [5, 5.41) is 24.3. The van der Waals surface area contributed by atoms with E-state index in [4.69, 9.17) is 5.73 Å². The lowest BCUT2D eigenvalue weighted by Gasteiger charge is -2.40. The summed E-state index contributed by atoms with van der Waals surface area (Å²) in [6.07, 6.45) is 1.70. The number of fused-ring (bicyclic) bond motifs is 1. The number of hydrogen-bond donors (Lipinski definition) is 3. The maximum atomic E-state index is 13.6. The minimum atomic E-state index is -1.73. The molecule has 6 heteroatoms. The Balaban J connectivity index is 1.23. The van der Waals surface area contributed by atoms with E-state index in [0.717, 1.165) is 38.0 Å². The van der Waals surface area contributed by atoms with Crippen LogP contribution in [0, 0.1) is 0 Å². The summed E-state index contributed by atoms with van der Waals surface area (Å²) >= 11 is 0. The number of carbonyl (C=O) groups is 1. The van der Waals surface area contributed by atoms with Crippen LogP contribution in [0.25, 0.3) is 10.8 Å². The van der Waals surface area contributed by atoms with Gasteiger partial charge in [-0.25, -0.2) is 0 Å². The van der Waals surface area contributed by atoms with Gasteiger partial charge in [-0.3, -0.25) is 9.69 Å². The van der Waals surface area contributed by atoms with Crippen LogP contribution in [-0.2, 0) is 16.8 Å². The highest BCUT2D eigenvalue weighted by molar-refractivity contribution is 6.07. The SMILES string of the molecule is NC[C@H](O)CC1(O)C(=O)N(C2CCN(C3Cc4cccc5cccc3c45)CC2)c2ccccc21. The monoisotopic (exact) mass is 457 g/mol. The molecule has 0 aromatic heterocycles. The molecule has 6 nitrogen and oxygen atoms in total. The van der Waals surface area contributed by atoms with Gasteiger partial charge in [-0.2, -0.15) is 0 Å². The van der Waals surface area contributed by atoms with Gasteiger partial charge in [0.05, 0.1) is 11.8 Å². The van der Waals surface area contributed by atoms with Crippen molar-refractivity contribution in [2.45, 2.75) is 49.5 Å². The number of carbonyl (C=O) groups excluding carboxylic acids is 1. The molecule has 0 saturated carbocycles. The Kier molecular flexibility index (Phi) is 5.22. The van der Waals surface area contributed by atoms with E-state index in [2.05, 4.69) is 41.3 Å². The van der Waals surface area contributed by atoms with Crippen molar-refractivity contribution in [2.24, 2.45) is 5.73 Å². The molecule has 34 heavy (non-hydrogen) atoms. The first-order chi connectivity index (χ1) is 16.5. The van der Waals surface area contributed by atoms with Crippen molar-refractivity contribution >= 4 is 22.4 Å². The Morgan fingerprint density at radius 3 is 2.53 bits per heavy atom. The number of para-hydroxylation sites is 1. The van der Waals surface area contributed by atoms with E-state index >= 15 is 0 Å². The molecule has 1 saturated heterocycles. The van der Waals surface area contributed by atoms with Crippen LogP contribution in [0.5, 0.6) is 0 Å². The van der Waals surface area contributed by atoms with Gasteiger partial charge in [-0.05, 0) is 47.2 Å². The fourth-order valence-electron chi connectivity index (χ4n) is 6.44. The Morgan fingerprint density at radius 1 is 1.03 bits per heavy atom. The first kappa shape index (κ1) is 21.7. The summed E-state index contributed by atoms with van der Waals surface area (Å²) < 4.78 is 0. The maximum absolute atomic E-state index is 13.6. The molecule has 3 aromatic rings. The summed E-state index contributed by atoms with van der Waals surface area (Å²) in [6, 6.07) is 21.0. The van der Waals surface area contributed by atoms with E-state index in [9.17, 15) is 15.0 Å². The molecule has 2 heterocycles. The van der Waals surface area contributed by atoms with E-state index in [0.29, 0.717) is 11.6 Å². The molecule has 2 unspecified atom stereocenters. The number of nitrogens with two attached hydrogens (primary N) is 1. The highest BCUT2D eigenvalue weighted by atomic mass is 16.3. The van der Waals surface area contributed by atoms with Gasteiger partial charge in [0.15, 0.2) is 5.60 Å². The zero-order valence-corrected chi connectivity index (χ0v) is 19.2. The molecular formula is C28H31N3O3. The predicted molar refractivity (Wildman–Crippen MR) is 132 cm³/mol. The molecule has 0 bridgehead atoms. The average molecular weight is 458 g/mol. The molecule has 1 aliphatic carbocycles. The number of amides is 1. The first-order valence-electron chi connectivity index (χ1n) is 12.3. The fraction of sp³-hybridized carbons (Fsp3) is 0.393. The largest absolute Gasteiger partial charge is 0.392 e. The zero-order valence-electron chi connectivity index (χ0n) is 19.2. The molecule has 3 aromatic carbocycles. The van der Waals surface area contributed by atoms with Crippen molar-refractivity contribution in [3.8, 4) is 0 Å². The van der Waals surface area contributed by atoms with Gasteiger partial charge in [-0.15, -0.1) is 0 Å². The Labute approximate surface area is 199 Å². The summed E-state index contributed by atoms with van der Waals surface area (Å²) in [4.78, 5) is 17.9. The summed E-state index contributed by atoms with van der Waals surface area (Å²) in [7, 11) is 0. The molecular weight excluding hydrogens is 426 g/mol. The number of likely N-dealkylation sites (tertiary alicyclic amines) is 1. The van der Waals surface area contributed by atoms with Crippen molar-refractivity contribution in [1.29, 1.82) is 0 Å². The molecule has 3 aliphatic rings. The smallest absolute Gasteiger partial charge is 0.264 e. The van der Waals surface area contributed by atoms with Crippen LogP contribution in [-0.4, -0.2) is 52.8 Å². The molecule has 0 spiro atoms. The molecule has 3 atom stereocenters. The molecule has 2 aliphatic heterocycles. The Bertz CT molecular complexity index is 1250. The van der Waals surface area contributed by atoms with Gasteiger partial charge in [0.2, 0.25) is 0 Å². The quantitative estimate of drug-likeness (QED) is 0.548. The minimum absolute atomic E-state index is 0.00662. The summed E-state index contributed by atoms with van der Waals surface area (Å²) in [6.45, 7) is 1.80. The van der Waals surface area contributed by atoms with Gasteiger partial charge in [0.25, 0.3) is 5.91 Å². The van der Waals surface area contributed by atoms with Crippen LogP contribution in [0.15, 0.2) is 60.7 Å². The molecule has 0 radical (unpaired) electrons. The van der Waals surface area contributed by atoms with Crippen molar-refractivity contribution in [1.82, 2.24) is 4.90 Å². The third-order valence-electron chi connectivity index (χ3n) is 8.09. The molecule has 1 amide bonds. The van der Waals surface area contributed by atoms with Crippen LogP contribution in [0.4, 0.5) is 5.69 Å². The zero-order chi connectivity index (χ0) is 23.4. The van der Waals surface area contributed by atoms with Crippen molar-refractivity contribution < 1.29 is 15.0 Å². The summed E-state index contributed by atoms with van der Waals surface area (Å²) in [5.74, 6) is -0.335. The van der Waals surface area contributed by atoms with Gasteiger partial charge in [0, 0.05) is 43.7 Å². The third kappa shape index (κ3) is 3.21. The maximum Gasteiger partial charge on any atom is 0.264 e. The summed E-state index contributed by atoms with van der Waals surface area (Å²) in [5.41, 5.74) is 8.04. The second-order valence-electron chi connectivity index (χ2n) is 10.00. The van der Waals surface area contributed by atoms with Crippen molar-refractivity contribution in [3.63, 3.8) is 0 Å². The molecule has 176 valence electrons. The van der Waals surface area contributed by atoms with Gasteiger partial charge in [-0.1, -0.05) is 54.6 Å². The standard InChI is InChI=1S/C28H31N3O3/c29-17-21(32)16-28(34)23-9-1-2-10-24(23)31(27(28)33)20-11-13-30(14-12-20)25-15-19-7-3-5-18-6-4-8-22(25)26(18)19/h1-10,20-21,25,32,34H,11-17,29H2/t21-,25?,28?/m1/s1. The lowest BCUT2D eigenvalue weighted by molar-refractivity contribution is -0.140. The Morgan fingerprint density at radius 2 is 1.76 bits per heavy atom. The number of aliphatic hydroxyl groups is 2. The van der Waals surface area contributed by atoms with E-state index in [1.165, 1.54) is 21.9 Å². The lowest BCUT2D eigenvalue weighted by Crippen LogP contribution is -2.51. The number of benzene rings is 3. The van der Waals surface area contributed by atoms with Crippen molar-refractivity contribution in [3.05, 3.63) is 77.4 Å². The van der Waals surface area contributed by atoms with Crippen LogP contribution in [0.3, 0.4) is 0 Å². The fourth-order valence-corrected chi connectivity index (χ4v) is 6.44. The number of nitrogens with zero attached hydrogens (tertiary/aromatic N) is 2. The van der Waals surface area contributed by atoms with Crippen LogP contribution in [0.2, 0.25) is 0 Å². The number of anilines is 1. The van der Waals surface area contributed by atoms with Gasteiger partial charge in [0.1, 0.15) is 0 Å². The first-order valence-corrected chi connectivity index (χ1v) is 12.3. The van der Waals surface area contributed by atoms with Gasteiger partial charge < -0.3 is 20.8 Å². The van der Waals surface area contributed by atoms with Gasteiger partial charge >= 0.3 is 0 Å². The average Bonchev–Trinajstić information content (AvgIpc) is 3.34.